The monoisotopic (exact) mass is 180 g/mol. The highest BCUT2D eigenvalue weighted by molar-refractivity contribution is 5.03. The standard InChI is InChI=1S/C10H16N2O/c1-7-3-9(4-7)11-6-10-5-8(2)12-13-10/h5,7,9,11H,3-4,6H2,1-2H3. The van der Waals surface area contributed by atoms with Gasteiger partial charge in [0.05, 0.1) is 12.2 Å². The Balaban J connectivity index is 1.74. The van der Waals surface area contributed by atoms with E-state index >= 15 is 0 Å². The van der Waals surface area contributed by atoms with Crippen molar-refractivity contribution in [1.29, 1.82) is 0 Å². The molecule has 1 aromatic heterocycles. The minimum atomic E-state index is 0.695. The van der Waals surface area contributed by atoms with Crippen LogP contribution in [0, 0.1) is 12.8 Å². The minimum Gasteiger partial charge on any atom is -0.360 e. The highest BCUT2D eigenvalue weighted by atomic mass is 16.5. The first-order valence-corrected chi connectivity index (χ1v) is 4.89. The first-order chi connectivity index (χ1) is 6.24. The third kappa shape index (κ3) is 2.10. The highest BCUT2D eigenvalue weighted by Crippen LogP contribution is 2.26. The first kappa shape index (κ1) is 8.75. The van der Waals surface area contributed by atoms with Gasteiger partial charge in [-0.1, -0.05) is 12.1 Å². The van der Waals surface area contributed by atoms with E-state index in [1.165, 1.54) is 12.8 Å². The molecule has 0 amide bonds. The Morgan fingerprint density at radius 1 is 1.62 bits per heavy atom. The summed E-state index contributed by atoms with van der Waals surface area (Å²) >= 11 is 0. The zero-order valence-corrected chi connectivity index (χ0v) is 8.21. The van der Waals surface area contributed by atoms with Crippen LogP contribution in [0.5, 0.6) is 0 Å². The van der Waals surface area contributed by atoms with Crippen LogP contribution < -0.4 is 5.32 Å². The largest absolute Gasteiger partial charge is 0.360 e. The van der Waals surface area contributed by atoms with E-state index in [-0.39, 0.29) is 0 Å². The summed E-state index contributed by atoms with van der Waals surface area (Å²) in [5.41, 5.74) is 0.957. The summed E-state index contributed by atoms with van der Waals surface area (Å²) < 4.78 is 5.10. The van der Waals surface area contributed by atoms with Crippen molar-refractivity contribution in [1.82, 2.24) is 10.5 Å². The van der Waals surface area contributed by atoms with E-state index in [1.807, 2.05) is 13.0 Å². The molecule has 1 aliphatic rings. The summed E-state index contributed by atoms with van der Waals surface area (Å²) in [7, 11) is 0. The van der Waals surface area contributed by atoms with Gasteiger partial charge in [0.1, 0.15) is 0 Å². The van der Waals surface area contributed by atoms with Crippen molar-refractivity contribution in [2.24, 2.45) is 5.92 Å². The van der Waals surface area contributed by atoms with Gasteiger partial charge in [-0.05, 0) is 25.7 Å². The zero-order valence-electron chi connectivity index (χ0n) is 8.21. The summed E-state index contributed by atoms with van der Waals surface area (Å²) in [6.45, 7) is 5.05. The maximum atomic E-state index is 5.10. The summed E-state index contributed by atoms with van der Waals surface area (Å²) in [4.78, 5) is 0. The number of aromatic nitrogens is 1. The normalized spacial score (nSPS) is 27.2. The quantitative estimate of drug-likeness (QED) is 0.771. The van der Waals surface area contributed by atoms with Crippen molar-refractivity contribution in [2.45, 2.75) is 39.3 Å². The predicted molar refractivity (Wildman–Crippen MR) is 50.3 cm³/mol. The van der Waals surface area contributed by atoms with Crippen molar-refractivity contribution in [2.75, 3.05) is 0 Å². The smallest absolute Gasteiger partial charge is 0.150 e. The molecule has 3 nitrogen and oxygen atoms in total. The SMILES string of the molecule is Cc1cc(CNC2CC(C)C2)on1. The minimum absolute atomic E-state index is 0.695. The molecule has 3 heteroatoms. The Kier molecular flexibility index (Phi) is 2.36. The van der Waals surface area contributed by atoms with Crippen LogP contribution in [0.25, 0.3) is 0 Å². The maximum Gasteiger partial charge on any atom is 0.150 e. The third-order valence-electron chi connectivity index (χ3n) is 2.62. The molecule has 1 heterocycles. The summed E-state index contributed by atoms with van der Waals surface area (Å²) in [5.74, 6) is 1.84. The van der Waals surface area contributed by atoms with Crippen LogP contribution in [0.15, 0.2) is 10.6 Å². The summed E-state index contributed by atoms with van der Waals surface area (Å²) in [6.07, 6.45) is 2.60. The molecule has 0 spiro atoms. The van der Waals surface area contributed by atoms with Gasteiger partial charge in [0.15, 0.2) is 5.76 Å². The van der Waals surface area contributed by atoms with E-state index in [4.69, 9.17) is 4.52 Å². The second kappa shape index (κ2) is 3.50. The topological polar surface area (TPSA) is 38.1 Å². The van der Waals surface area contributed by atoms with E-state index < -0.39 is 0 Å². The van der Waals surface area contributed by atoms with E-state index in [0.29, 0.717) is 6.04 Å². The predicted octanol–water partition coefficient (Wildman–Crippen LogP) is 1.87. The fourth-order valence-electron chi connectivity index (χ4n) is 1.81. The molecule has 1 N–H and O–H groups in total. The van der Waals surface area contributed by atoms with Crippen LogP contribution in [0.1, 0.15) is 31.2 Å². The lowest BCUT2D eigenvalue weighted by molar-refractivity contribution is 0.232. The number of nitrogens with zero attached hydrogens (tertiary/aromatic N) is 1. The van der Waals surface area contributed by atoms with Gasteiger partial charge < -0.3 is 9.84 Å². The Labute approximate surface area is 78.5 Å². The van der Waals surface area contributed by atoms with Crippen molar-refractivity contribution in [3.8, 4) is 0 Å². The fourth-order valence-corrected chi connectivity index (χ4v) is 1.81. The van der Waals surface area contributed by atoms with Crippen LogP contribution >= 0.6 is 0 Å². The van der Waals surface area contributed by atoms with Crippen molar-refractivity contribution < 1.29 is 4.52 Å². The molecule has 2 rings (SSSR count). The van der Waals surface area contributed by atoms with Gasteiger partial charge in [0.2, 0.25) is 0 Å². The molecule has 0 bridgehead atoms. The van der Waals surface area contributed by atoms with E-state index in [0.717, 1.165) is 23.9 Å². The molecule has 1 aromatic rings. The lowest BCUT2D eigenvalue weighted by Crippen LogP contribution is -2.39. The molecule has 0 unspecified atom stereocenters. The van der Waals surface area contributed by atoms with Gasteiger partial charge in [0.25, 0.3) is 0 Å². The Morgan fingerprint density at radius 2 is 2.38 bits per heavy atom. The second-order valence-corrected chi connectivity index (χ2v) is 4.09. The number of hydrogen-bond donors (Lipinski definition) is 1. The number of aryl methyl sites for hydroxylation is 1. The lowest BCUT2D eigenvalue weighted by atomic mass is 9.82. The Hall–Kier alpha value is -0.830. The highest BCUT2D eigenvalue weighted by Gasteiger charge is 2.24. The molecule has 0 atom stereocenters. The fraction of sp³-hybridized carbons (Fsp3) is 0.700. The van der Waals surface area contributed by atoms with Crippen LogP contribution in [0.3, 0.4) is 0 Å². The van der Waals surface area contributed by atoms with Crippen LogP contribution in [0.4, 0.5) is 0 Å². The average molecular weight is 180 g/mol. The van der Waals surface area contributed by atoms with Crippen LogP contribution in [-0.4, -0.2) is 11.2 Å². The second-order valence-electron chi connectivity index (χ2n) is 4.09. The lowest BCUT2D eigenvalue weighted by Gasteiger charge is -2.33. The van der Waals surface area contributed by atoms with Crippen LogP contribution in [0.2, 0.25) is 0 Å². The summed E-state index contributed by atoms with van der Waals surface area (Å²) in [6, 6.07) is 2.68. The van der Waals surface area contributed by atoms with Gasteiger partial charge in [0, 0.05) is 12.1 Å². The maximum absolute atomic E-state index is 5.10. The van der Waals surface area contributed by atoms with Gasteiger partial charge in [-0.3, -0.25) is 0 Å². The van der Waals surface area contributed by atoms with Crippen molar-refractivity contribution in [3.63, 3.8) is 0 Å². The molecule has 0 saturated heterocycles. The zero-order chi connectivity index (χ0) is 9.26. The molecule has 0 radical (unpaired) electrons. The molecule has 1 fully saturated rings. The van der Waals surface area contributed by atoms with E-state index in [9.17, 15) is 0 Å². The van der Waals surface area contributed by atoms with Gasteiger partial charge >= 0.3 is 0 Å². The molecule has 0 aromatic carbocycles. The number of nitrogens with one attached hydrogen (secondary N) is 1. The Bertz CT molecular complexity index is 276. The Morgan fingerprint density at radius 3 is 2.92 bits per heavy atom. The van der Waals surface area contributed by atoms with E-state index in [2.05, 4.69) is 17.4 Å². The molecule has 0 aliphatic heterocycles. The van der Waals surface area contributed by atoms with Gasteiger partial charge in [-0.15, -0.1) is 0 Å². The van der Waals surface area contributed by atoms with Crippen LogP contribution in [-0.2, 0) is 6.54 Å². The van der Waals surface area contributed by atoms with Crippen molar-refractivity contribution >= 4 is 0 Å². The van der Waals surface area contributed by atoms with Gasteiger partial charge in [-0.2, -0.15) is 0 Å². The van der Waals surface area contributed by atoms with Gasteiger partial charge in [-0.25, -0.2) is 0 Å². The average Bonchev–Trinajstić information content (AvgIpc) is 2.43. The first-order valence-electron chi connectivity index (χ1n) is 4.89. The molecule has 1 saturated carbocycles. The third-order valence-corrected chi connectivity index (χ3v) is 2.62. The molecule has 72 valence electrons. The molecule has 1 aliphatic carbocycles. The number of hydrogen-bond acceptors (Lipinski definition) is 3. The molecule has 13 heavy (non-hydrogen) atoms. The molecular weight excluding hydrogens is 164 g/mol. The summed E-state index contributed by atoms with van der Waals surface area (Å²) in [5, 5.41) is 7.28. The van der Waals surface area contributed by atoms with E-state index in [1.54, 1.807) is 0 Å². The number of rotatable bonds is 3. The molecular formula is C10H16N2O. The van der Waals surface area contributed by atoms with Crippen molar-refractivity contribution in [3.05, 3.63) is 17.5 Å².